The highest BCUT2D eigenvalue weighted by atomic mass is 32.2. The Labute approximate surface area is 125 Å². The molecule has 21 heavy (non-hydrogen) atoms. The van der Waals surface area contributed by atoms with Gasteiger partial charge in [-0.05, 0) is 43.2 Å². The van der Waals surface area contributed by atoms with E-state index in [2.05, 4.69) is 4.72 Å². The van der Waals surface area contributed by atoms with Crippen molar-refractivity contribution in [2.45, 2.75) is 36.6 Å². The maximum atomic E-state index is 12.5. The lowest BCUT2D eigenvalue weighted by Crippen LogP contribution is -2.38. The average Bonchev–Trinajstić information content (AvgIpc) is 3.08. The van der Waals surface area contributed by atoms with Crippen LogP contribution in [0.4, 0.5) is 0 Å². The number of rotatable bonds is 5. The van der Waals surface area contributed by atoms with Gasteiger partial charge in [0.1, 0.15) is 0 Å². The van der Waals surface area contributed by atoms with Crippen LogP contribution in [-0.2, 0) is 10.0 Å². The van der Waals surface area contributed by atoms with Crippen LogP contribution in [0.25, 0.3) is 0 Å². The summed E-state index contributed by atoms with van der Waals surface area (Å²) in [4.78, 5) is 0.225. The summed E-state index contributed by atoms with van der Waals surface area (Å²) in [5, 5.41) is 0. The molecule has 0 unspecified atom stereocenters. The van der Waals surface area contributed by atoms with Crippen LogP contribution in [0.3, 0.4) is 0 Å². The fraction of sp³-hybridized carbons (Fsp3) is 0.600. The highest BCUT2D eigenvalue weighted by Gasteiger charge is 2.41. The molecule has 0 saturated heterocycles. The molecule has 6 heteroatoms. The summed E-state index contributed by atoms with van der Waals surface area (Å²) in [6, 6.07) is 4.77. The van der Waals surface area contributed by atoms with Gasteiger partial charge in [0, 0.05) is 12.1 Å². The highest BCUT2D eigenvalue weighted by Crippen LogP contribution is 2.45. The second-order valence-electron chi connectivity index (χ2n) is 5.92. The Morgan fingerprint density at radius 2 is 1.86 bits per heavy atom. The molecule has 3 rings (SSSR count). The second-order valence-corrected chi connectivity index (χ2v) is 7.63. The molecule has 0 heterocycles. The van der Waals surface area contributed by atoms with E-state index >= 15 is 0 Å². The van der Waals surface area contributed by atoms with E-state index in [-0.39, 0.29) is 10.9 Å². The maximum Gasteiger partial charge on any atom is 0.240 e. The third-order valence-electron chi connectivity index (χ3n) is 4.71. The second kappa shape index (κ2) is 5.50. The predicted molar refractivity (Wildman–Crippen MR) is 79.1 cm³/mol. The van der Waals surface area contributed by atoms with Crippen molar-refractivity contribution < 1.29 is 17.9 Å². The lowest BCUT2D eigenvalue weighted by molar-refractivity contribution is 0.353. The van der Waals surface area contributed by atoms with Gasteiger partial charge in [0.25, 0.3) is 0 Å². The number of sulfonamides is 1. The fourth-order valence-corrected chi connectivity index (χ4v) is 4.97. The fourth-order valence-electron chi connectivity index (χ4n) is 3.64. The molecule has 116 valence electrons. The summed E-state index contributed by atoms with van der Waals surface area (Å²) in [7, 11) is -0.484. The van der Waals surface area contributed by atoms with Gasteiger partial charge < -0.3 is 9.47 Å². The molecule has 3 atom stereocenters. The van der Waals surface area contributed by atoms with Crippen LogP contribution in [0.2, 0.25) is 0 Å². The molecule has 1 N–H and O–H groups in total. The molecule has 1 aromatic rings. The molecule has 0 aliphatic heterocycles. The minimum absolute atomic E-state index is 0.0850. The van der Waals surface area contributed by atoms with Crippen molar-refractivity contribution in [1.82, 2.24) is 4.72 Å². The molecule has 0 aromatic heterocycles. The van der Waals surface area contributed by atoms with E-state index in [0.717, 1.165) is 12.8 Å². The summed E-state index contributed by atoms with van der Waals surface area (Å²) in [5.41, 5.74) is 0. The van der Waals surface area contributed by atoms with Crippen LogP contribution in [-0.4, -0.2) is 28.7 Å². The van der Waals surface area contributed by atoms with Crippen LogP contribution < -0.4 is 14.2 Å². The topological polar surface area (TPSA) is 64.6 Å². The van der Waals surface area contributed by atoms with Gasteiger partial charge in [-0.2, -0.15) is 0 Å². The molecule has 2 aliphatic rings. The summed E-state index contributed by atoms with van der Waals surface area (Å²) in [6.45, 7) is 0. The van der Waals surface area contributed by atoms with Crippen molar-refractivity contribution in [3.05, 3.63) is 18.2 Å². The third kappa shape index (κ3) is 2.74. The van der Waals surface area contributed by atoms with Crippen molar-refractivity contribution in [2.24, 2.45) is 11.8 Å². The molecule has 2 aliphatic carbocycles. The van der Waals surface area contributed by atoms with E-state index in [9.17, 15) is 8.42 Å². The lowest BCUT2D eigenvalue weighted by atomic mass is 9.96. The predicted octanol–water partition coefficient (Wildman–Crippen LogP) is 2.17. The molecule has 0 spiro atoms. The lowest BCUT2D eigenvalue weighted by Gasteiger charge is -2.23. The molecule has 2 saturated carbocycles. The van der Waals surface area contributed by atoms with Gasteiger partial charge in [-0.25, -0.2) is 13.1 Å². The maximum absolute atomic E-state index is 12.5. The normalized spacial score (nSPS) is 27.8. The Bertz CT molecular complexity index is 629. The smallest absolute Gasteiger partial charge is 0.240 e. The van der Waals surface area contributed by atoms with Gasteiger partial charge in [0.05, 0.1) is 19.1 Å². The van der Waals surface area contributed by atoms with Crippen LogP contribution in [0.5, 0.6) is 11.5 Å². The molecule has 1 aromatic carbocycles. The molecule has 0 amide bonds. The number of fused-ring (bicyclic) bond motifs is 2. The van der Waals surface area contributed by atoms with Gasteiger partial charge in [-0.3, -0.25) is 0 Å². The SMILES string of the molecule is COc1ccc(S(=O)(=O)N[C@H]2C[C@H]3CC[C@@H]2C3)cc1OC. The van der Waals surface area contributed by atoms with Gasteiger partial charge in [0.2, 0.25) is 10.0 Å². The van der Waals surface area contributed by atoms with E-state index in [1.54, 1.807) is 12.1 Å². The quantitative estimate of drug-likeness (QED) is 0.905. The standard InChI is InChI=1S/C15H21NO4S/c1-19-14-6-5-12(9-15(14)20-2)21(17,18)16-13-8-10-3-4-11(13)7-10/h5-6,9-11,13,16H,3-4,7-8H2,1-2H3/t10-,11+,13-/m0/s1. The first kappa shape index (κ1) is 14.7. The summed E-state index contributed by atoms with van der Waals surface area (Å²) in [6.07, 6.45) is 4.53. The minimum Gasteiger partial charge on any atom is -0.493 e. The van der Waals surface area contributed by atoms with Crippen LogP contribution >= 0.6 is 0 Å². The number of nitrogens with one attached hydrogen (secondary N) is 1. The van der Waals surface area contributed by atoms with E-state index < -0.39 is 10.0 Å². The summed E-state index contributed by atoms with van der Waals surface area (Å²) in [5.74, 6) is 2.16. The van der Waals surface area contributed by atoms with Crippen LogP contribution in [0.1, 0.15) is 25.7 Å². The Morgan fingerprint density at radius 1 is 1.10 bits per heavy atom. The zero-order chi connectivity index (χ0) is 15.0. The van der Waals surface area contributed by atoms with Crippen molar-refractivity contribution in [1.29, 1.82) is 0 Å². The number of benzene rings is 1. The Kier molecular flexibility index (Phi) is 3.84. The van der Waals surface area contributed by atoms with E-state index in [4.69, 9.17) is 9.47 Å². The number of ether oxygens (including phenoxy) is 2. The van der Waals surface area contributed by atoms with E-state index in [1.165, 1.54) is 33.1 Å². The Hall–Kier alpha value is -1.27. The molecule has 2 fully saturated rings. The zero-order valence-corrected chi connectivity index (χ0v) is 13.2. The first-order valence-corrected chi connectivity index (χ1v) is 8.76. The van der Waals surface area contributed by atoms with Gasteiger partial charge >= 0.3 is 0 Å². The van der Waals surface area contributed by atoms with Crippen molar-refractivity contribution in [2.75, 3.05) is 14.2 Å². The molecule has 5 nitrogen and oxygen atoms in total. The van der Waals surface area contributed by atoms with Gasteiger partial charge in [-0.15, -0.1) is 0 Å². The summed E-state index contributed by atoms with van der Waals surface area (Å²) >= 11 is 0. The van der Waals surface area contributed by atoms with Gasteiger partial charge in [-0.1, -0.05) is 6.42 Å². The molecular weight excluding hydrogens is 290 g/mol. The highest BCUT2D eigenvalue weighted by molar-refractivity contribution is 7.89. The zero-order valence-electron chi connectivity index (χ0n) is 12.3. The van der Waals surface area contributed by atoms with Crippen molar-refractivity contribution in [3.8, 4) is 11.5 Å². The monoisotopic (exact) mass is 311 g/mol. The Morgan fingerprint density at radius 3 is 2.43 bits per heavy atom. The summed E-state index contributed by atoms with van der Waals surface area (Å²) < 4.78 is 38.2. The van der Waals surface area contributed by atoms with Crippen molar-refractivity contribution in [3.63, 3.8) is 0 Å². The van der Waals surface area contributed by atoms with Crippen LogP contribution in [0.15, 0.2) is 23.1 Å². The first-order valence-electron chi connectivity index (χ1n) is 7.28. The molecular formula is C15H21NO4S. The first-order chi connectivity index (χ1) is 10.0. The number of hydrogen-bond donors (Lipinski definition) is 1. The minimum atomic E-state index is -3.51. The Balaban J connectivity index is 1.81. The number of methoxy groups -OCH3 is 2. The molecule has 0 radical (unpaired) electrons. The van der Waals surface area contributed by atoms with Crippen molar-refractivity contribution >= 4 is 10.0 Å². The number of hydrogen-bond acceptors (Lipinski definition) is 4. The van der Waals surface area contributed by atoms with Gasteiger partial charge in [0.15, 0.2) is 11.5 Å². The third-order valence-corrected chi connectivity index (χ3v) is 6.20. The molecule has 2 bridgehead atoms. The van der Waals surface area contributed by atoms with Crippen LogP contribution in [0, 0.1) is 11.8 Å². The van der Waals surface area contributed by atoms with E-state index in [0.29, 0.717) is 23.3 Å². The van der Waals surface area contributed by atoms with E-state index in [1.807, 2.05) is 0 Å². The largest absolute Gasteiger partial charge is 0.493 e. The average molecular weight is 311 g/mol.